The van der Waals surface area contributed by atoms with Crippen LogP contribution in [0.1, 0.15) is 118 Å². The summed E-state index contributed by atoms with van der Waals surface area (Å²) in [5, 5.41) is 11.0. The summed E-state index contributed by atoms with van der Waals surface area (Å²) in [4.78, 5) is 13.1. The minimum atomic E-state index is 0.112. The van der Waals surface area contributed by atoms with Crippen LogP contribution in [0.15, 0.2) is 24.3 Å². The molecule has 6 atom stereocenters. The second kappa shape index (κ2) is 12.2. The van der Waals surface area contributed by atoms with Gasteiger partial charge in [-0.1, -0.05) is 63.5 Å². The number of carbonyl (C=O) groups is 1. The van der Waals surface area contributed by atoms with Gasteiger partial charge in [-0.05, 0) is 86.9 Å². The number of amides is 1. The third-order valence-electron chi connectivity index (χ3n) is 10.5. The SMILES string of the molecule is O=C(NC1CCCCC1)c1cccc(C2CNC3NCC(C4CCCCC4OC4CCCCC4)CC32)c1. The van der Waals surface area contributed by atoms with Gasteiger partial charge in [-0.25, -0.2) is 0 Å². The first-order valence-corrected chi connectivity index (χ1v) is 15.8. The molecule has 6 rings (SSSR count). The number of ether oxygens (including phenoxy) is 1. The van der Waals surface area contributed by atoms with E-state index in [0.717, 1.165) is 31.5 Å². The molecule has 0 bridgehead atoms. The number of carbonyl (C=O) groups excluding carboxylic acids is 1. The number of piperidine rings is 1. The van der Waals surface area contributed by atoms with E-state index in [1.807, 2.05) is 6.07 Å². The van der Waals surface area contributed by atoms with E-state index in [1.54, 1.807) is 0 Å². The van der Waals surface area contributed by atoms with Crippen LogP contribution in [0.25, 0.3) is 0 Å². The number of rotatable bonds is 6. The lowest BCUT2D eigenvalue weighted by atomic mass is 9.70. The van der Waals surface area contributed by atoms with Crippen LogP contribution in [0.5, 0.6) is 0 Å². The highest BCUT2D eigenvalue weighted by atomic mass is 16.5. The van der Waals surface area contributed by atoms with Crippen molar-refractivity contribution in [3.63, 3.8) is 0 Å². The van der Waals surface area contributed by atoms with Gasteiger partial charge < -0.3 is 20.7 Å². The maximum Gasteiger partial charge on any atom is 0.251 e. The van der Waals surface area contributed by atoms with Crippen molar-refractivity contribution in [2.24, 2.45) is 17.8 Å². The number of fused-ring (bicyclic) bond motifs is 1. The Bertz CT molecular complexity index is 894. The molecule has 5 fully saturated rings. The van der Waals surface area contributed by atoms with E-state index < -0.39 is 0 Å². The first-order chi connectivity index (χ1) is 18.2. The van der Waals surface area contributed by atoms with Gasteiger partial charge in [0.25, 0.3) is 5.91 Å². The van der Waals surface area contributed by atoms with Crippen LogP contribution in [-0.2, 0) is 4.74 Å². The number of hydrogen-bond donors (Lipinski definition) is 3. The number of nitrogens with one attached hydrogen (secondary N) is 3. The highest BCUT2D eigenvalue weighted by Crippen LogP contribution is 2.44. The zero-order valence-electron chi connectivity index (χ0n) is 22.8. The average molecular weight is 508 g/mol. The summed E-state index contributed by atoms with van der Waals surface area (Å²) in [6.45, 7) is 2.11. The van der Waals surface area contributed by atoms with Crippen LogP contribution in [0.2, 0.25) is 0 Å². The van der Waals surface area contributed by atoms with Crippen LogP contribution in [-0.4, -0.2) is 43.4 Å². The van der Waals surface area contributed by atoms with E-state index in [9.17, 15) is 4.79 Å². The van der Waals surface area contributed by atoms with Crippen molar-refractivity contribution in [2.75, 3.05) is 13.1 Å². The summed E-state index contributed by atoms with van der Waals surface area (Å²) in [6.07, 6.45) is 20.6. The van der Waals surface area contributed by atoms with Crippen molar-refractivity contribution in [3.8, 4) is 0 Å². The van der Waals surface area contributed by atoms with Gasteiger partial charge >= 0.3 is 0 Å². The fourth-order valence-electron chi connectivity index (χ4n) is 8.42. The first-order valence-electron chi connectivity index (χ1n) is 15.8. The van der Waals surface area contributed by atoms with Gasteiger partial charge in [-0.3, -0.25) is 4.79 Å². The second-order valence-corrected chi connectivity index (χ2v) is 12.9. The third kappa shape index (κ3) is 6.09. The van der Waals surface area contributed by atoms with Crippen molar-refractivity contribution >= 4 is 5.91 Å². The maximum absolute atomic E-state index is 13.1. The van der Waals surface area contributed by atoms with E-state index in [0.29, 0.717) is 48.1 Å². The normalized spacial score (nSPS) is 35.7. The summed E-state index contributed by atoms with van der Waals surface area (Å²) in [5.74, 6) is 2.53. The molecule has 3 saturated carbocycles. The predicted molar refractivity (Wildman–Crippen MR) is 149 cm³/mol. The molecule has 6 unspecified atom stereocenters. The Morgan fingerprint density at radius 1 is 0.811 bits per heavy atom. The van der Waals surface area contributed by atoms with E-state index >= 15 is 0 Å². The standard InChI is InChI=1S/C32H49N3O2/c36-32(35-25-12-3-1-4-13-25)23-11-9-10-22(18-23)29-21-34-31-28(29)19-24(20-33-31)27-16-7-8-17-30(27)37-26-14-5-2-6-15-26/h9-11,18,24-31,33-34H,1-8,12-17,19-21H2,(H,35,36). The minimum Gasteiger partial charge on any atom is -0.375 e. The lowest BCUT2D eigenvalue weighted by molar-refractivity contribution is -0.0901. The zero-order valence-corrected chi connectivity index (χ0v) is 22.8. The molecule has 0 aromatic heterocycles. The van der Waals surface area contributed by atoms with Crippen molar-refractivity contribution in [2.45, 2.75) is 127 Å². The van der Waals surface area contributed by atoms with Crippen LogP contribution in [0.4, 0.5) is 0 Å². The molecular weight excluding hydrogens is 458 g/mol. The summed E-state index contributed by atoms with van der Waals surface area (Å²) < 4.78 is 6.84. The molecule has 0 spiro atoms. The largest absolute Gasteiger partial charge is 0.375 e. The van der Waals surface area contributed by atoms with Crippen molar-refractivity contribution in [1.82, 2.24) is 16.0 Å². The summed E-state index contributed by atoms with van der Waals surface area (Å²) in [5.41, 5.74) is 2.16. The van der Waals surface area contributed by atoms with Crippen LogP contribution in [0, 0.1) is 17.8 Å². The molecule has 37 heavy (non-hydrogen) atoms. The van der Waals surface area contributed by atoms with Crippen LogP contribution < -0.4 is 16.0 Å². The molecule has 1 aromatic carbocycles. The summed E-state index contributed by atoms with van der Waals surface area (Å²) in [6, 6.07) is 8.89. The highest BCUT2D eigenvalue weighted by Gasteiger charge is 2.44. The molecule has 3 aliphatic carbocycles. The van der Waals surface area contributed by atoms with E-state index in [4.69, 9.17) is 4.74 Å². The fraction of sp³-hybridized carbons (Fsp3) is 0.781. The average Bonchev–Trinajstić information content (AvgIpc) is 3.38. The van der Waals surface area contributed by atoms with Gasteiger partial charge in [0.2, 0.25) is 0 Å². The van der Waals surface area contributed by atoms with Gasteiger partial charge in [-0.2, -0.15) is 0 Å². The van der Waals surface area contributed by atoms with E-state index in [1.165, 1.54) is 89.0 Å². The Balaban J connectivity index is 1.12. The summed E-state index contributed by atoms with van der Waals surface area (Å²) in [7, 11) is 0. The molecule has 2 heterocycles. The molecule has 5 aliphatic rings. The van der Waals surface area contributed by atoms with Gasteiger partial charge in [0, 0.05) is 24.1 Å². The number of benzene rings is 1. The van der Waals surface area contributed by atoms with Crippen LogP contribution in [0.3, 0.4) is 0 Å². The van der Waals surface area contributed by atoms with Gasteiger partial charge in [-0.15, -0.1) is 0 Å². The molecule has 204 valence electrons. The molecule has 3 N–H and O–H groups in total. The third-order valence-corrected chi connectivity index (χ3v) is 10.5. The first kappa shape index (κ1) is 25.8. The number of hydrogen-bond acceptors (Lipinski definition) is 4. The molecule has 5 heteroatoms. The van der Waals surface area contributed by atoms with Crippen molar-refractivity contribution in [1.29, 1.82) is 0 Å². The Morgan fingerprint density at radius 3 is 2.38 bits per heavy atom. The Labute approximate surface area is 224 Å². The topological polar surface area (TPSA) is 62.4 Å². The minimum absolute atomic E-state index is 0.112. The molecule has 5 nitrogen and oxygen atoms in total. The Morgan fingerprint density at radius 2 is 1.54 bits per heavy atom. The van der Waals surface area contributed by atoms with Crippen LogP contribution >= 0.6 is 0 Å². The molecule has 1 aromatic rings. The Hall–Kier alpha value is -1.43. The summed E-state index contributed by atoms with van der Waals surface area (Å²) >= 11 is 0. The predicted octanol–water partition coefficient (Wildman–Crippen LogP) is 5.90. The van der Waals surface area contributed by atoms with Gasteiger partial charge in [0.15, 0.2) is 0 Å². The van der Waals surface area contributed by atoms with Gasteiger partial charge in [0.1, 0.15) is 0 Å². The van der Waals surface area contributed by atoms with Gasteiger partial charge in [0.05, 0.1) is 18.4 Å². The zero-order chi connectivity index (χ0) is 25.0. The molecule has 1 amide bonds. The van der Waals surface area contributed by atoms with E-state index in [-0.39, 0.29) is 5.91 Å². The molecule has 2 saturated heterocycles. The van der Waals surface area contributed by atoms with E-state index in [2.05, 4.69) is 34.1 Å². The monoisotopic (exact) mass is 507 g/mol. The maximum atomic E-state index is 13.1. The quantitative estimate of drug-likeness (QED) is 0.449. The van der Waals surface area contributed by atoms with Crippen molar-refractivity contribution in [3.05, 3.63) is 35.4 Å². The Kier molecular flexibility index (Phi) is 8.50. The van der Waals surface area contributed by atoms with Crippen molar-refractivity contribution < 1.29 is 9.53 Å². The second-order valence-electron chi connectivity index (χ2n) is 12.9. The molecular formula is C32H49N3O2. The lowest BCUT2D eigenvalue weighted by Gasteiger charge is -2.44. The molecule has 0 radical (unpaired) electrons. The fourth-order valence-corrected chi connectivity index (χ4v) is 8.42. The molecule has 2 aliphatic heterocycles. The highest BCUT2D eigenvalue weighted by molar-refractivity contribution is 5.94. The smallest absolute Gasteiger partial charge is 0.251 e. The lowest BCUT2D eigenvalue weighted by Crippen LogP contribution is -2.52.